The third kappa shape index (κ3) is 1.22. The van der Waals surface area contributed by atoms with Crippen LogP contribution < -0.4 is 5.73 Å². The van der Waals surface area contributed by atoms with E-state index in [9.17, 15) is 0 Å². The second kappa shape index (κ2) is 2.86. The Hall–Kier alpha value is -0.900. The lowest BCUT2D eigenvalue weighted by Gasteiger charge is -2.17. The first-order valence-corrected chi connectivity index (χ1v) is 4.47. The van der Waals surface area contributed by atoms with Crippen molar-refractivity contribution in [2.24, 2.45) is 5.73 Å². The fourth-order valence-corrected chi connectivity index (χ4v) is 1.53. The smallest absolute Gasteiger partial charge is 0.150 e. The maximum atomic E-state index is 5.82. The first kappa shape index (κ1) is 7.73. The summed E-state index contributed by atoms with van der Waals surface area (Å²) in [5.74, 6) is 2.00. The lowest BCUT2D eigenvalue weighted by Crippen LogP contribution is -2.31. The molecule has 0 aliphatic carbocycles. The number of aryl methyl sites for hydroxylation is 2. The van der Waals surface area contributed by atoms with Crippen LogP contribution in [0.1, 0.15) is 25.0 Å². The minimum atomic E-state index is 0.284. The average molecular weight is 166 g/mol. The van der Waals surface area contributed by atoms with Crippen LogP contribution in [-0.4, -0.2) is 20.8 Å². The summed E-state index contributed by atoms with van der Waals surface area (Å²) in [6, 6.07) is 0.284. The first-order valence-electron chi connectivity index (χ1n) is 4.47. The van der Waals surface area contributed by atoms with E-state index in [0.29, 0.717) is 0 Å². The van der Waals surface area contributed by atoms with Crippen molar-refractivity contribution in [3.63, 3.8) is 0 Å². The van der Waals surface area contributed by atoms with E-state index in [0.717, 1.165) is 37.5 Å². The largest absolute Gasteiger partial charge is 0.327 e. The van der Waals surface area contributed by atoms with Crippen LogP contribution in [0.5, 0.6) is 0 Å². The van der Waals surface area contributed by atoms with Crippen LogP contribution in [0.15, 0.2) is 0 Å². The molecule has 1 unspecified atom stereocenters. The van der Waals surface area contributed by atoms with Crippen molar-refractivity contribution in [1.82, 2.24) is 14.8 Å². The van der Waals surface area contributed by atoms with Gasteiger partial charge in [-0.15, -0.1) is 0 Å². The van der Waals surface area contributed by atoms with Gasteiger partial charge in [-0.1, -0.05) is 6.92 Å². The lowest BCUT2D eigenvalue weighted by atomic mass is 10.1. The quantitative estimate of drug-likeness (QED) is 0.644. The van der Waals surface area contributed by atoms with Crippen molar-refractivity contribution in [3.8, 4) is 0 Å². The summed E-state index contributed by atoms with van der Waals surface area (Å²) in [5.41, 5.74) is 5.82. The topological polar surface area (TPSA) is 56.7 Å². The molecule has 2 heterocycles. The molecule has 0 amide bonds. The highest BCUT2D eigenvalue weighted by Gasteiger charge is 2.17. The molecule has 0 aromatic carbocycles. The van der Waals surface area contributed by atoms with Gasteiger partial charge in [0, 0.05) is 25.4 Å². The Bertz CT molecular complexity index is 279. The molecule has 1 aromatic rings. The van der Waals surface area contributed by atoms with E-state index >= 15 is 0 Å². The Morgan fingerprint density at radius 1 is 1.67 bits per heavy atom. The van der Waals surface area contributed by atoms with Gasteiger partial charge in [0.2, 0.25) is 0 Å². The monoisotopic (exact) mass is 166 g/mol. The van der Waals surface area contributed by atoms with E-state index in [1.54, 1.807) is 0 Å². The maximum absolute atomic E-state index is 5.82. The molecule has 12 heavy (non-hydrogen) atoms. The molecule has 0 bridgehead atoms. The van der Waals surface area contributed by atoms with Gasteiger partial charge in [0.25, 0.3) is 0 Å². The Morgan fingerprint density at radius 2 is 2.50 bits per heavy atom. The van der Waals surface area contributed by atoms with E-state index in [1.807, 2.05) is 4.68 Å². The van der Waals surface area contributed by atoms with Crippen LogP contribution in [0.4, 0.5) is 0 Å². The zero-order valence-corrected chi connectivity index (χ0v) is 7.32. The summed E-state index contributed by atoms with van der Waals surface area (Å²) in [6.45, 7) is 3.00. The number of hydrogen-bond donors (Lipinski definition) is 1. The highest BCUT2D eigenvalue weighted by Crippen LogP contribution is 2.11. The van der Waals surface area contributed by atoms with Crippen LogP contribution >= 0.6 is 0 Å². The van der Waals surface area contributed by atoms with E-state index in [2.05, 4.69) is 17.0 Å². The fourth-order valence-electron chi connectivity index (χ4n) is 1.53. The van der Waals surface area contributed by atoms with Crippen LogP contribution in [0.3, 0.4) is 0 Å². The predicted molar refractivity (Wildman–Crippen MR) is 45.7 cm³/mol. The molecule has 66 valence electrons. The van der Waals surface area contributed by atoms with Crippen LogP contribution in [0.2, 0.25) is 0 Å². The maximum Gasteiger partial charge on any atom is 0.150 e. The molecule has 2 rings (SSSR count). The second-order valence-corrected chi connectivity index (χ2v) is 3.27. The molecule has 1 aromatic heterocycles. The van der Waals surface area contributed by atoms with Crippen molar-refractivity contribution in [2.45, 2.75) is 38.8 Å². The van der Waals surface area contributed by atoms with Gasteiger partial charge in [-0.05, 0) is 6.42 Å². The Morgan fingerprint density at radius 3 is 3.25 bits per heavy atom. The van der Waals surface area contributed by atoms with E-state index < -0.39 is 0 Å². The van der Waals surface area contributed by atoms with Gasteiger partial charge in [-0.2, -0.15) is 5.10 Å². The standard InChI is InChI=1S/C8H14N4/c1-2-7-10-8-5-6(9)3-4-12(8)11-7/h6H,2-5,9H2,1H3. The van der Waals surface area contributed by atoms with E-state index in [4.69, 9.17) is 5.73 Å². The molecule has 0 fully saturated rings. The summed E-state index contributed by atoms with van der Waals surface area (Å²) in [7, 11) is 0. The summed E-state index contributed by atoms with van der Waals surface area (Å²) < 4.78 is 1.99. The Balaban J connectivity index is 2.28. The SMILES string of the molecule is CCc1nc2n(n1)CCC(N)C2. The van der Waals surface area contributed by atoms with Crippen molar-refractivity contribution in [2.75, 3.05) is 0 Å². The predicted octanol–water partition coefficient (Wildman–Crippen LogP) is 0.114. The molecule has 0 spiro atoms. The third-order valence-electron chi connectivity index (χ3n) is 2.26. The summed E-state index contributed by atoms with van der Waals surface area (Å²) >= 11 is 0. The van der Waals surface area contributed by atoms with Crippen molar-refractivity contribution >= 4 is 0 Å². The van der Waals surface area contributed by atoms with Gasteiger partial charge in [0.1, 0.15) is 5.82 Å². The van der Waals surface area contributed by atoms with Gasteiger partial charge in [0.05, 0.1) is 0 Å². The second-order valence-electron chi connectivity index (χ2n) is 3.27. The number of nitrogens with two attached hydrogens (primary N) is 1. The zero-order chi connectivity index (χ0) is 8.55. The molecule has 1 aliphatic rings. The number of aromatic nitrogens is 3. The minimum absolute atomic E-state index is 0.284. The van der Waals surface area contributed by atoms with Crippen LogP contribution in [0.25, 0.3) is 0 Å². The lowest BCUT2D eigenvalue weighted by molar-refractivity contribution is 0.432. The van der Waals surface area contributed by atoms with Crippen LogP contribution in [0, 0.1) is 0 Å². The van der Waals surface area contributed by atoms with Crippen molar-refractivity contribution < 1.29 is 0 Å². The highest BCUT2D eigenvalue weighted by molar-refractivity contribution is 4.98. The van der Waals surface area contributed by atoms with Crippen molar-refractivity contribution in [1.29, 1.82) is 0 Å². The van der Waals surface area contributed by atoms with Gasteiger partial charge < -0.3 is 5.73 Å². The minimum Gasteiger partial charge on any atom is -0.327 e. The van der Waals surface area contributed by atoms with Gasteiger partial charge in [-0.25, -0.2) is 9.67 Å². The Labute approximate surface area is 71.8 Å². The van der Waals surface area contributed by atoms with Gasteiger partial charge >= 0.3 is 0 Å². The molecule has 0 saturated carbocycles. The normalized spacial score (nSPS) is 22.3. The van der Waals surface area contributed by atoms with Gasteiger partial charge in [0.15, 0.2) is 5.82 Å². The Kier molecular flexibility index (Phi) is 1.84. The number of fused-ring (bicyclic) bond motifs is 1. The van der Waals surface area contributed by atoms with Gasteiger partial charge in [-0.3, -0.25) is 0 Å². The zero-order valence-electron chi connectivity index (χ0n) is 7.32. The molecule has 0 radical (unpaired) electrons. The number of rotatable bonds is 1. The molecule has 2 N–H and O–H groups in total. The third-order valence-corrected chi connectivity index (χ3v) is 2.26. The summed E-state index contributed by atoms with van der Waals surface area (Å²) in [5, 5.41) is 4.35. The first-order chi connectivity index (χ1) is 5.79. The molecular weight excluding hydrogens is 152 g/mol. The molecule has 4 nitrogen and oxygen atoms in total. The molecule has 1 aliphatic heterocycles. The highest BCUT2D eigenvalue weighted by atomic mass is 15.4. The fraction of sp³-hybridized carbons (Fsp3) is 0.750. The van der Waals surface area contributed by atoms with Crippen molar-refractivity contribution in [3.05, 3.63) is 11.6 Å². The van der Waals surface area contributed by atoms with Crippen LogP contribution in [-0.2, 0) is 19.4 Å². The molecule has 1 atom stereocenters. The molecule has 0 saturated heterocycles. The van der Waals surface area contributed by atoms with E-state index in [1.165, 1.54) is 0 Å². The number of hydrogen-bond acceptors (Lipinski definition) is 3. The number of nitrogens with zero attached hydrogens (tertiary/aromatic N) is 3. The molecule has 4 heteroatoms. The van der Waals surface area contributed by atoms with E-state index in [-0.39, 0.29) is 6.04 Å². The average Bonchev–Trinajstić information content (AvgIpc) is 2.46. The summed E-state index contributed by atoms with van der Waals surface area (Å²) in [6.07, 6.45) is 2.82. The molecular formula is C8H14N4. The summed E-state index contributed by atoms with van der Waals surface area (Å²) in [4.78, 5) is 4.39.